The molecule has 4 rings (SSSR count). The molecule has 0 saturated carbocycles. The molecule has 0 aliphatic carbocycles. The number of carbonyl (C=O) groups excluding carboxylic acids is 1. The minimum Gasteiger partial charge on any atom is -0.465 e. The van der Waals surface area contributed by atoms with Crippen LogP contribution in [0.2, 0.25) is 0 Å². The maximum atomic E-state index is 12.5. The molecular formula is C27H32N4O2S. The molecule has 0 unspecified atom stereocenters. The molecule has 178 valence electrons. The summed E-state index contributed by atoms with van der Waals surface area (Å²) in [6.45, 7) is 12.9. The number of hydrogen-bond donors (Lipinski definition) is 1. The number of hydrogen-bond acceptors (Lipinski definition) is 4. The third-order valence-electron chi connectivity index (χ3n) is 6.45. The Morgan fingerprint density at radius 2 is 1.82 bits per heavy atom. The molecule has 7 heteroatoms. The van der Waals surface area contributed by atoms with Gasteiger partial charge in [-0.15, -0.1) is 0 Å². The summed E-state index contributed by atoms with van der Waals surface area (Å²) in [5, 5.41) is 3.95. The number of ether oxygens (including phenoxy) is 1. The number of thiocarbonyl (C=S) groups is 1. The molecule has 3 heterocycles. The van der Waals surface area contributed by atoms with E-state index in [-0.39, 0.29) is 24.6 Å². The first-order chi connectivity index (χ1) is 16.2. The number of nitrogens with one attached hydrogen (secondary N) is 1. The van der Waals surface area contributed by atoms with Crippen LogP contribution < -0.4 is 5.32 Å². The Kier molecular flexibility index (Phi) is 6.75. The molecule has 6 nitrogen and oxygen atoms in total. The van der Waals surface area contributed by atoms with Gasteiger partial charge in [-0.2, -0.15) is 0 Å². The van der Waals surface area contributed by atoms with Gasteiger partial charge in [-0.1, -0.05) is 23.8 Å². The largest absolute Gasteiger partial charge is 0.465 e. The summed E-state index contributed by atoms with van der Waals surface area (Å²) in [6.07, 6.45) is 1.79. The van der Waals surface area contributed by atoms with E-state index in [1.807, 2.05) is 30.0 Å². The van der Waals surface area contributed by atoms with Crippen molar-refractivity contribution >= 4 is 23.3 Å². The molecule has 0 amide bonds. The van der Waals surface area contributed by atoms with E-state index in [1.165, 1.54) is 22.4 Å². The highest BCUT2D eigenvalue weighted by molar-refractivity contribution is 7.80. The van der Waals surface area contributed by atoms with Crippen LogP contribution >= 0.6 is 12.2 Å². The van der Waals surface area contributed by atoms with Crippen molar-refractivity contribution in [3.05, 3.63) is 81.9 Å². The van der Waals surface area contributed by atoms with Crippen molar-refractivity contribution in [2.75, 3.05) is 13.2 Å². The number of benzene rings is 1. The SMILES string of the molecule is CCOC(=O)CN1C(=S)N[C@H](c2ccccn2)[C@H]1c1cc(C)n(-c2c(C)cc(C)cc2C)c1C. The zero-order valence-corrected chi connectivity index (χ0v) is 21.5. The highest BCUT2D eigenvalue weighted by Gasteiger charge is 2.42. The van der Waals surface area contributed by atoms with Crippen molar-refractivity contribution in [2.24, 2.45) is 0 Å². The predicted molar refractivity (Wildman–Crippen MR) is 138 cm³/mol. The van der Waals surface area contributed by atoms with Crippen molar-refractivity contribution in [1.82, 2.24) is 19.8 Å². The van der Waals surface area contributed by atoms with Crippen LogP contribution in [0.3, 0.4) is 0 Å². The summed E-state index contributed by atoms with van der Waals surface area (Å²) in [6, 6.07) is 12.1. The molecule has 0 bridgehead atoms. The highest BCUT2D eigenvalue weighted by atomic mass is 32.1. The van der Waals surface area contributed by atoms with Crippen molar-refractivity contribution in [1.29, 1.82) is 0 Å². The number of nitrogens with zero attached hydrogens (tertiary/aromatic N) is 3. The average molecular weight is 477 g/mol. The van der Waals surface area contributed by atoms with Gasteiger partial charge in [0.1, 0.15) is 6.54 Å². The van der Waals surface area contributed by atoms with E-state index in [0.717, 1.165) is 22.6 Å². The molecule has 1 aliphatic rings. The fourth-order valence-electron chi connectivity index (χ4n) is 5.22. The van der Waals surface area contributed by atoms with Gasteiger partial charge in [0.15, 0.2) is 5.11 Å². The molecule has 1 aliphatic heterocycles. The van der Waals surface area contributed by atoms with Crippen molar-refractivity contribution < 1.29 is 9.53 Å². The Bertz CT molecular complexity index is 1210. The zero-order valence-electron chi connectivity index (χ0n) is 20.7. The first kappa shape index (κ1) is 24.0. The molecule has 3 aromatic rings. The van der Waals surface area contributed by atoms with E-state index in [2.05, 4.69) is 67.7 Å². The number of esters is 1. The van der Waals surface area contributed by atoms with Crippen LogP contribution in [-0.4, -0.2) is 38.7 Å². The normalized spacial score (nSPS) is 17.7. The Hall–Kier alpha value is -3.19. The zero-order chi connectivity index (χ0) is 24.6. The first-order valence-electron chi connectivity index (χ1n) is 11.6. The van der Waals surface area contributed by atoms with Crippen LogP contribution in [-0.2, 0) is 9.53 Å². The van der Waals surface area contributed by atoms with E-state index in [4.69, 9.17) is 17.0 Å². The molecule has 0 radical (unpaired) electrons. The van der Waals surface area contributed by atoms with Gasteiger partial charge in [-0.05, 0) is 88.6 Å². The monoisotopic (exact) mass is 476 g/mol. The van der Waals surface area contributed by atoms with Crippen LogP contribution in [0.5, 0.6) is 0 Å². The summed E-state index contributed by atoms with van der Waals surface area (Å²) in [5.74, 6) is -0.294. The predicted octanol–water partition coefficient (Wildman–Crippen LogP) is 4.95. The fourth-order valence-corrected chi connectivity index (χ4v) is 5.52. The van der Waals surface area contributed by atoms with Crippen LogP contribution in [0.25, 0.3) is 5.69 Å². The summed E-state index contributed by atoms with van der Waals surface area (Å²) in [5.41, 5.74) is 9.17. The summed E-state index contributed by atoms with van der Waals surface area (Å²) in [4.78, 5) is 19.0. The minimum atomic E-state index is -0.294. The van der Waals surface area contributed by atoms with Gasteiger partial charge >= 0.3 is 5.97 Å². The van der Waals surface area contributed by atoms with Crippen LogP contribution in [0.1, 0.15) is 58.3 Å². The quantitative estimate of drug-likeness (QED) is 0.401. The second-order valence-corrected chi connectivity index (χ2v) is 9.36. The fraction of sp³-hybridized carbons (Fsp3) is 0.370. The van der Waals surface area contributed by atoms with Crippen molar-refractivity contribution in [3.8, 4) is 5.69 Å². The van der Waals surface area contributed by atoms with Crippen LogP contribution in [0.4, 0.5) is 0 Å². The average Bonchev–Trinajstić information content (AvgIpc) is 3.24. The highest BCUT2D eigenvalue weighted by Crippen LogP contribution is 2.41. The van der Waals surface area contributed by atoms with Gasteiger partial charge in [-0.25, -0.2) is 0 Å². The molecule has 1 aromatic carbocycles. The summed E-state index contributed by atoms with van der Waals surface area (Å²) in [7, 11) is 0. The lowest BCUT2D eigenvalue weighted by molar-refractivity contribution is -0.143. The molecule has 2 aromatic heterocycles. The Labute approximate surface area is 207 Å². The molecule has 1 N–H and O–H groups in total. The maximum Gasteiger partial charge on any atom is 0.325 e. The van der Waals surface area contributed by atoms with Gasteiger partial charge in [0, 0.05) is 17.6 Å². The molecule has 1 saturated heterocycles. The van der Waals surface area contributed by atoms with E-state index in [0.29, 0.717) is 11.7 Å². The third-order valence-corrected chi connectivity index (χ3v) is 6.80. The molecular weight excluding hydrogens is 444 g/mol. The van der Waals surface area contributed by atoms with Crippen molar-refractivity contribution in [2.45, 2.75) is 53.6 Å². The molecule has 34 heavy (non-hydrogen) atoms. The van der Waals surface area contributed by atoms with E-state index >= 15 is 0 Å². The van der Waals surface area contributed by atoms with Gasteiger partial charge < -0.3 is 19.5 Å². The maximum absolute atomic E-state index is 12.5. The number of aromatic nitrogens is 2. The van der Waals surface area contributed by atoms with Gasteiger partial charge in [0.25, 0.3) is 0 Å². The minimum absolute atomic E-state index is 0.0833. The van der Waals surface area contributed by atoms with Gasteiger partial charge in [0.05, 0.1) is 30.1 Å². The van der Waals surface area contributed by atoms with Crippen LogP contribution in [0, 0.1) is 34.6 Å². The van der Waals surface area contributed by atoms with Gasteiger partial charge in [-0.3, -0.25) is 9.78 Å². The van der Waals surface area contributed by atoms with E-state index in [9.17, 15) is 4.79 Å². The summed E-state index contributed by atoms with van der Waals surface area (Å²) >= 11 is 5.70. The third kappa shape index (κ3) is 4.32. The Morgan fingerprint density at radius 3 is 2.44 bits per heavy atom. The lowest BCUT2D eigenvalue weighted by Crippen LogP contribution is -2.35. The van der Waals surface area contributed by atoms with Crippen LogP contribution in [0.15, 0.2) is 42.6 Å². The second-order valence-electron chi connectivity index (χ2n) is 8.97. The lowest BCUT2D eigenvalue weighted by atomic mass is 9.96. The molecule has 2 atom stereocenters. The first-order valence-corrected chi connectivity index (χ1v) is 12.0. The number of aryl methyl sites for hydroxylation is 4. The summed E-state index contributed by atoms with van der Waals surface area (Å²) < 4.78 is 7.58. The van der Waals surface area contributed by atoms with E-state index in [1.54, 1.807) is 6.20 Å². The number of pyridine rings is 1. The standard InChI is InChI=1S/C27H32N4O2S/c1-7-33-23(32)15-30-26(24(29-27(30)34)22-10-8-9-11-28-22)21-14-19(5)31(20(21)6)25-17(3)12-16(2)13-18(25)4/h8-14,24,26H,7,15H2,1-6H3,(H,29,34)/t24-,26-/m1/s1. The Balaban J connectivity index is 1.86. The molecule has 1 fully saturated rings. The number of rotatable bonds is 6. The van der Waals surface area contributed by atoms with Gasteiger partial charge in [0.2, 0.25) is 0 Å². The van der Waals surface area contributed by atoms with Crippen molar-refractivity contribution in [3.63, 3.8) is 0 Å². The lowest BCUT2D eigenvalue weighted by Gasteiger charge is -2.27. The number of carbonyl (C=O) groups is 1. The Morgan fingerprint density at radius 1 is 1.12 bits per heavy atom. The second kappa shape index (κ2) is 9.58. The molecule has 0 spiro atoms. The topological polar surface area (TPSA) is 59.4 Å². The van der Waals surface area contributed by atoms with E-state index < -0.39 is 0 Å². The smallest absolute Gasteiger partial charge is 0.325 e.